The average Bonchev–Trinajstić information content (AvgIpc) is 2.54. The van der Waals surface area contributed by atoms with E-state index in [0.717, 1.165) is 19.1 Å². The molecular weight excluding hydrogens is 493 g/mol. The fraction of sp³-hybridized carbons (Fsp3) is 0.294. The molecule has 2 rings (SSSR count). The lowest BCUT2D eigenvalue weighted by Gasteiger charge is -2.37. The van der Waals surface area contributed by atoms with Gasteiger partial charge in [-0.15, -0.1) is 0 Å². The molecule has 0 amide bonds. The molecule has 0 saturated carbocycles. The van der Waals surface area contributed by atoms with Crippen molar-refractivity contribution >= 4 is 15.9 Å². The van der Waals surface area contributed by atoms with Crippen LogP contribution in [-0.4, -0.2) is 18.3 Å². The highest BCUT2D eigenvalue weighted by molar-refractivity contribution is 9.10. The maximum Gasteiger partial charge on any atom is 0.457 e. The summed E-state index contributed by atoms with van der Waals surface area (Å²) >= 11 is 2.62. The van der Waals surface area contributed by atoms with Crippen LogP contribution >= 0.6 is 15.9 Å². The molecule has 0 spiro atoms. The average molecular weight is 501 g/mol. The van der Waals surface area contributed by atoms with Crippen molar-refractivity contribution in [2.24, 2.45) is 0 Å². The van der Waals surface area contributed by atoms with Gasteiger partial charge in [-0.25, -0.2) is 13.2 Å². The zero-order chi connectivity index (χ0) is 22.6. The van der Waals surface area contributed by atoms with Gasteiger partial charge in [0.1, 0.15) is 0 Å². The molecule has 0 saturated heterocycles. The highest BCUT2D eigenvalue weighted by Crippen LogP contribution is 2.60. The van der Waals surface area contributed by atoms with Gasteiger partial charge < -0.3 is 0 Å². The van der Waals surface area contributed by atoms with Gasteiger partial charge in [0.15, 0.2) is 11.6 Å². The van der Waals surface area contributed by atoms with Gasteiger partial charge in [-0.05, 0) is 24.6 Å². The van der Waals surface area contributed by atoms with Crippen LogP contribution in [0.5, 0.6) is 0 Å². The lowest BCUT2D eigenvalue weighted by atomic mass is 9.81. The first-order valence-corrected chi connectivity index (χ1v) is 8.21. The molecule has 160 valence electrons. The Morgan fingerprint density at radius 3 is 1.83 bits per heavy atom. The first-order chi connectivity index (χ1) is 13.0. The predicted molar refractivity (Wildman–Crippen MR) is 84.1 cm³/mol. The molecule has 0 bridgehead atoms. The summed E-state index contributed by atoms with van der Waals surface area (Å²) in [6, 6.07) is 2.90. The topological polar surface area (TPSA) is 0 Å². The zero-order valence-corrected chi connectivity index (χ0v) is 15.5. The Morgan fingerprint density at radius 1 is 0.793 bits per heavy atom. The lowest BCUT2D eigenvalue weighted by molar-refractivity contribution is -0.389. The predicted octanol–water partition coefficient (Wildman–Crippen LogP) is 7.63. The van der Waals surface area contributed by atoms with Crippen LogP contribution in [0.25, 0.3) is 11.1 Å². The Bertz CT molecular complexity index is 930. The quantitative estimate of drug-likeness (QED) is 0.380. The molecule has 0 nitrogen and oxygen atoms in total. The number of benzene rings is 2. The molecule has 0 fully saturated rings. The van der Waals surface area contributed by atoms with Crippen molar-refractivity contribution in [3.63, 3.8) is 0 Å². The Balaban J connectivity index is 3.07. The van der Waals surface area contributed by atoms with Gasteiger partial charge >= 0.3 is 23.9 Å². The second-order valence-corrected chi connectivity index (χ2v) is 6.85. The van der Waals surface area contributed by atoms with Crippen LogP contribution in [0, 0.1) is 18.6 Å². The molecule has 2 aromatic carbocycles. The molecule has 0 aliphatic rings. The third-order valence-electron chi connectivity index (χ3n) is 4.01. The molecule has 0 aliphatic carbocycles. The first kappa shape index (κ1) is 23.4. The Morgan fingerprint density at radius 2 is 1.34 bits per heavy atom. The van der Waals surface area contributed by atoms with E-state index >= 15 is 4.39 Å². The van der Waals surface area contributed by atoms with E-state index in [4.69, 9.17) is 0 Å². The van der Waals surface area contributed by atoms with E-state index in [1.165, 1.54) is 0 Å². The second kappa shape index (κ2) is 7.13. The summed E-state index contributed by atoms with van der Waals surface area (Å²) in [4.78, 5) is 0. The molecule has 1 atom stereocenters. The van der Waals surface area contributed by atoms with E-state index < -0.39 is 56.7 Å². The van der Waals surface area contributed by atoms with Crippen LogP contribution in [0.1, 0.15) is 11.1 Å². The summed E-state index contributed by atoms with van der Waals surface area (Å²) in [6.07, 6.45) is -13.7. The van der Waals surface area contributed by atoms with Crippen molar-refractivity contribution in [1.29, 1.82) is 0 Å². The summed E-state index contributed by atoms with van der Waals surface area (Å²) in [6.45, 7) is 0.989. The first-order valence-electron chi connectivity index (χ1n) is 7.42. The minimum Gasteiger partial charge on any atom is -0.221 e. The number of halogens is 12. The highest BCUT2D eigenvalue weighted by atomic mass is 79.9. The lowest BCUT2D eigenvalue weighted by Crippen LogP contribution is -2.60. The van der Waals surface area contributed by atoms with Gasteiger partial charge in [-0.3, -0.25) is 0 Å². The normalized spacial score (nSPS) is 15.3. The van der Waals surface area contributed by atoms with Crippen molar-refractivity contribution in [2.45, 2.75) is 30.9 Å². The smallest absolute Gasteiger partial charge is 0.221 e. The number of hydrogen-bond acceptors (Lipinski definition) is 0. The third-order valence-corrected chi connectivity index (χ3v) is 4.63. The molecule has 0 heterocycles. The van der Waals surface area contributed by atoms with Crippen molar-refractivity contribution in [3.05, 3.63) is 57.6 Å². The molecule has 29 heavy (non-hydrogen) atoms. The minimum atomic E-state index is -6.95. The van der Waals surface area contributed by atoms with Gasteiger partial charge in [0.2, 0.25) is 0 Å². The van der Waals surface area contributed by atoms with Gasteiger partial charge in [-0.1, -0.05) is 34.1 Å². The Hall–Kier alpha value is -1.85. The second-order valence-electron chi connectivity index (χ2n) is 6.00. The van der Waals surface area contributed by atoms with Crippen LogP contribution in [0.2, 0.25) is 0 Å². The maximum atomic E-state index is 15.0. The molecule has 0 aliphatic heterocycles. The number of rotatable bonds is 3. The molecule has 2 aromatic rings. The molecular formula is C17H8BrF11. The van der Waals surface area contributed by atoms with Crippen LogP contribution in [0.15, 0.2) is 34.8 Å². The van der Waals surface area contributed by atoms with Gasteiger partial charge in [-0.2, -0.15) is 35.1 Å². The highest BCUT2D eigenvalue weighted by Gasteiger charge is 2.82. The molecule has 0 radical (unpaired) electrons. The van der Waals surface area contributed by atoms with Crippen molar-refractivity contribution < 1.29 is 48.3 Å². The summed E-state index contributed by atoms with van der Waals surface area (Å²) in [5, 5.41) is 0. The van der Waals surface area contributed by atoms with E-state index in [1.807, 2.05) is 0 Å². The molecule has 1 unspecified atom stereocenters. The summed E-state index contributed by atoms with van der Waals surface area (Å²) in [5.41, 5.74) is -11.4. The van der Waals surface area contributed by atoms with Crippen molar-refractivity contribution in [3.8, 4) is 11.1 Å². The fourth-order valence-electron chi connectivity index (χ4n) is 2.68. The van der Waals surface area contributed by atoms with E-state index in [1.54, 1.807) is 0 Å². The summed E-state index contributed by atoms with van der Waals surface area (Å²) < 4.78 is 148. The van der Waals surface area contributed by atoms with Gasteiger partial charge in [0.25, 0.3) is 0 Å². The molecule has 12 heteroatoms. The van der Waals surface area contributed by atoms with Crippen molar-refractivity contribution in [2.75, 3.05) is 0 Å². The zero-order valence-electron chi connectivity index (χ0n) is 13.9. The maximum absolute atomic E-state index is 15.0. The number of hydrogen-bond donors (Lipinski definition) is 0. The van der Waals surface area contributed by atoms with Gasteiger partial charge in [0.05, 0.1) is 0 Å². The van der Waals surface area contributed by atoms with Crippen LogP contribution in [-0.2, 0) is 5.67 Å². The Kier molecular flexibility index (Phi) is 5.76. The fourth-order valence-corrected chi connectivity index (χ4v) is 3.47. The summed E-state index contributed by atoms with van der Waals surface area (Å²) in [5.74, 6) is -10.5. The number of aryl methyl sites for hydroxylation is 1. The molecule has 0 aromatic heterocycles. The third kappa shape index (κ3) is 3.59. The van der Waals surface area contributed by atoms with Crippen LogP contribution in [0.4, 0.5) is 48.3 Å². The minimum absolute atomic E-state index is 0.0809. The van der Waals surface area contributed by atoms with E-state index in [0.29, 0.717) is 12.1 Å². The van der Waals surface area contributed by atoms with Gasteiger partial charge in [0, 0.05) is 21.2 Å². The van der Waals surface area contributed by atoms with E-state index in [9.17, 15) is 43.9 Å². The monoisotopic (exact) mass is 500 g/mol. The SMILES string of the molecule is Cc1cc(Br)c(-c2cccc(F)c2F)c(C(F)(C(F)(F)F)C(F)(F)C(F)(F)F)c1. The van der Waals surface area contributed by atoms with E-state index in [2.05, 4.69) is 15.9 Å². The van der Waals surface area contributed by atoms with Crippen LogP contribution < -0.4 is 0 Å². The van der Waals surface area contributed by atoms with Crippen LogP contribution in [0.3, 0.4) is 0 Å². The molecule has 0 N–H and O–H groups in total. The largest absolute Gasteiger partial charge is 0.457 e. The standard InChI is InChI=1S/C17H8BrF11/c1-7-5-9(14(21,16(24,25)26)15(22,23)17(27,28)29)12(10(18)6-7)8-3-2-4-11(19)13(8)20/h2-6H,1H3. The Labute approximate surface area is 164 Å². The number of alkyl halides is 9. The van der Waals surface area contributed by atoms with E-state index in [-0.39, 0.29) is 11.6 Å². The van der Waals surface area contributed by atoms with Crippen molar-refractivity contribution in [1.82, 2.24) is 0 Å². The summed E-state index contributed by atoms with van der Waals surface area (Å²) in [7, 11) is 0.